The second kappa shape index (κ2) is 11.6. The van der Waals surface area contributed by atoms with E-state index in [4.69, 9.17) is 44.3 Å². The van der Waals surface area contributed by atoms with E-state index in [0.29, 0.717) is 44.6 Å². The summed E-state index contributed by atoms with van der Waals surface area (Å²) in [4.78, 5) is 16.8. The molecule has 0 bridgehead atoms. The van der Waals surface area contributed by atoms with E-state index >= 15 is 0 Å². The lowest BCUT2D eigenvalue weighted by molar-refractivity contribution is 0.397. The molecule has 0 fully saturated rings. The average Bonchev–Trinajstić information content (AvgIpc) is 3.38. The number of allylic oxidation sites excluding steroid dienone is 2. The van der Waals surface area contributed by atoms with Gasteiger partial charge in [0.15, 0.2) is 0 Å². The van der Waals surface area contributed by atoms with Gasteiger partial charge in [-0.2, -0.15) is 9.97 Å². The molecule has 0 aliphatic carbocycles. The largest absolute Gasteiger partial charge is 0.677 e. The van der Waals surface area contributed by atoms with Gasteiger partial charge >= 0.3 is 19.4 Å². The second-order valence-electron chi connectivity index (χ2n) is 9.24. The van der Waals surface area contributed by atoms with Crippen molar-refractivity contribution in [3.63, 3.8) is 0 Å². The van der Waals surface area contributed by atoms with Crippen LogP contribution in [0.15, 0.2) is 70.9 Å². The lowest BCUT2D eigenvalue weighted by Gasteiger charge is -2.17. The predicted octanol–water partition coefficient (Wildman–Crippen LogP) is 8.79. The van der Waals surface area contributed by atoms with E-state index in [9.17, 15) is 8.63 Å². The zero-order valence-electron chi connectivity index (χ0n) is 22.2. The molecule has 0 saturated carbocycles. The molecule has 13 heteroatoms. The Hall–Kier alpha value is -3.73. The van der Waals surface area contributed by atoms with E-state index < -0.39 is 7.40 Å². The fraction of sp³-hybridized carbons (Fsp3) is 0.143. The number of nitrogens with zero attached hydrogens (tertiary/aromatic N) is 5. The van der Waals surface area contributed by atoms with E-state index in [1.165, 1.54) is 6.07 Å². The van der Waals surface area contributed by atoms with Crippen LogP contribution >= 0.6 is 34.8 Å². The van der Waals surface area contributed by atoms with E-state index in [2.05, 4.69) is 19.9 Å². The van der Waals surface area contributed by atoms with Gasteiger partial charge in [0.2, 0.25) is 5.28 Å². The molecular weight excluding hydrogens is 594 g/mol. The highest BCUT2D eigenvalue weighted by Gasteiger charge is 2.29. The van der Waals surface area contributed by atoms with Crippen LogP contribution in [0.1, 0.15) is 36.4 Å². The Morgan fingerprint density at radius 1 is 0.854 bits per heavy atom. The Labute approximate surface area is 250 Å². The lowest BCUT2D eigenvalue weighted by atomic mass is 9.94. The van der Waals surface area contributed by atoms with E-state index in [0.717, 1.165) is 15.8 Å². The number of aromatic nitrogens is 4. The van der Waals surface area contributed by atoms with Gasteiger partial charge in [-0.25, -0.2) is 0 Å². The summed E-state index contributed by atoms with van der Waals surface area (Å²) in [6.07, 6.45) is 1.92. The average molecular weight is 615 g/mol. The SMILES string of the molecule is CC1=CC(C)=N/C1=C(/c1ccc(Oc2nc(Cl)nc(Oc3ccc(Cl)cc3Cl)n2)cc1)c1c(C)cc(C)n1B(F)F. The zero-order chi connectivity index (χ0) is 29.4. The third-order valence-electron chi connectivity index (χ3n) is 6.19. The first kappa shape index (κ1) is 28.8. The van der Waals surface area contributed by atoms with Crippen LogP contribution in [0.4, 0.5) is 8.63 Å². The van der Waals surface area contributed by atoms with Gasteiger partial charge in [0.1, 0.15) is 11.5 Å². The van der Waals surface area contributed by atoms with Crippen LogP contribution in [0.3, 0.4) is 0 Å². The van der Waals surface area contributed by atoms with Gasteiger partial charge in [-0.05, 0) is 98.5 Å². The fourth-order valence-corrected chi connectivity index (χ4v) is 5.15. The van der Waals surface area contributed by atoms with Crippen LogP contribution in [-0.4, -0.2) is 32.5 Å². The highest BCUT2D eigenvalue weighted by atomic mass is 35.5. The van der Waals surface area contributed by atoms with Gasteiger partial charge in [0.05, 0.1) is 10.7 Å². The van der Waals surface area contributed by atoms with Crippen LogP contribution in [-0.2, 0) is 0 Å². The van der Waals surface area contributed by atoms with Crippen molar-refractivity contribution >= 4 is 53.5 Å². The lowest BCUT2D eigenvalue weighted by Crippen LogP contribution is -2.18. The summed E-state index contributed by atoms with van der Waals surface area (Å²) in [6, 6.07) is 13.0. The maximum absolute atomic E-state index is 14.2. The number of hydrogen-bond donors (Lipinski definition) is 0. The molecule has 0 spiro atoms. The summed E-state index contributed by atoms with van der Waals surface area (Å²) < 4.78 is 40.9. The molecule has 7 nitrogen and oxygen atoms in total. The zero-order valence-corrected chi connectivity index (χ0v) is 24.5. The third kappa shape index (κ3) is 6.15. The Balaban J connectivity index is 1.49. The second-order valence-corrected chi connectivity index (χ2v) is 10.4. The molecule has 4 aromatic rings. The monoisotopic (exact) mass is 613 g/mol. The molecule has 2 aromatic carbocycles. The van der Waals surface area contributed by atoms with Gasteiger partial charge in [-0.1, -0.05) is 35.3 Å². The molecule has 1 aliphatic rings. The molecule has 3 heterocycles. The highest BCUT2D eigenvalue weighted by molar-refractivity contribution is 6.41. The third-order valence-corrected chi connectivity index (χ3v) is 6.89. The van der Waals surface area contributed by atoms with Gasteiger partial charge in [0, 0.05) is 27.7 Å². The molecule has 208 valence electrons. The molecule has 0 saturated heterocycles. The number of aryl methyl sites for hydroxylation is 2. The molecule has 0 atom stereocenters. The Kier molecular flexibility index (Phi) is 8.17. The molecule has 0 radical (unpaired) electrons. The summed E-state index contributed by atoms with van der Waals surface area (Å²) in [5.41, 5.74) is 5.14. The van der Waals surface area contributed by atoms with Crippen LogP contribution in [0.25, 0.3) is 5.57 Å². The maximum atomic E-state index is 14.2. The van der Waals surface area contributed by atoms with E-state index in [1.807, 2.05) is 26.8 Å². The quantitative estimate of drug-likeness (QED) is 0.195. The van der Waals surface area contributed by atoms with Crippen LogP contribution in [0.5, 0.6) is 23.5 Å². The summed E-state index contributed by atoms with van der Waals surface area (Å²) in [5, 5.41) is 0.539. The van der Waals surface area contributed by atoms with Crippen molar-refractivity contribution in [1.82, 2.24) is 19.4 Å². The van der Waals surface area contributed by atoms with Crippen molar-refractivity contribution in [2.45, 2.75) is 27.7 Å². The molecule has 5 rings (SSSR count). The van der Waals surface area contributed by atoms with Crippen molar-refractivity contribution in [1.29, 1.82) is 0 Å². The first-order chi connectivity index (χ1) is 19.5. The van der Waals surface area contributed by atoms with Crippen molar-refractivity contribution < 1.29 is 18.1 Å². The fourth-order valence-electron chi connectivity index (χ4n) is 4.56. The van der Waals surface area contributed by atoms with Crippen molar-refractivity contribution in [3.05, 3.63) is 104 Å². The first-order valence-electron chi connectivity index (χ1n) is 12.3. The number of benzene rings is 2. The molecule has 1 aliphatic heterocycles. The Morgan fingerprint density at radius 3 is 2.15 bits per heavy atom. The summed E-state index contributed by atoms with van der Waals surface area (Å²) in [6.45, 7) is 7.25. The van der Waals surface area contributed by atoms with Crippen LogP contribution in [0.2, 0.25) is 15.3 Å². The minimum absolute atomic E-state index is 0.121. The molecule has 2 aromatic heterocycles. The van der Waals surface area contributed by atoms with Gasteiger partial charge in [-0.15, -0.1) is 4.98 Å². The highest BCUT2D eigenvalue weighted by Crippen LogP contribution is 2.38. The van der Waals surface area contributed by atoms with E-state index in [-0.39, 0.29) is 28.1 Å². The standard InChI is InChI=1S/C28H21BCl3F2N5O2/c1-14-11-16(3)35-24(14)23(25-15(2)12-17(4)39(25)29(33)34)18-5-8-20(9-6-18)40-27-36-26(32)37-28(38-27)41-22-10-7-19(30)13-21(22)31/h5-13H,1-4H3/b24-23-. The molecule has 0 N–H and O–H groups in total. The minimum atomic E-state index is -2.72. The minimum Gasteiger partial charge on any atom is -0.424 e. The van der Waals surface area contributed by atoms with E-state index in [1.54, 1.807) is 49.4 Å². The number of ether oxygens (including phenoxy) is 2. The van der Waals surface area contributed by atoms with Gasteiger partial charge < -0.3 is 14.0 Å². The predicted molar refractivity (Wildman–Crippen MR) is 158 cm³/mol. The first-order valence-corrected chi connectivity index (χ1v) is 13.4. The Bertz CT molecular complexity index is 1750. The smallest absolute Gasteiger partial charge is 0.424 e. The number of hydrogen-bond acceptors (Lipinski definition) is 6. The topological polar surface area (TPSA) is 74.4 Å². The van der Waals surface area contributed by atoms with Crippen molar-refractivity contribution in [3.8, 4) is 23.5 Å². The maximum Gasteiger partial charge on any atom is 0.677 e. The van der Waals surface area contributed by atoms with Crippen molar-refractivity contribution in [2.24, 2.45) is 4.99 Å². The number of aliphatic imine (C=N–C) groups is 1. The molecule has 0 amide bonds. The number of halogens is 5. The number of rotatable bonds is 7. The van der Waals surface area contributed by atoms with Gasteiger partial charge in [-0.3, -0.25) is 13.6 Å². The van der Waals surface area contributed by atoms with Crippen LogP contribution in [0, 0.1) is 13.8 Å². The summed E-state index contributed by atoms with van der Waals surface area (Å²) in [7, 11) is -2.72. The molecule has 0 unspecified atom stereocenters. The summed E-state index contributed by atoms with van der Waals surface area (Å²) >= 11 is 18.2. The molecular formula is C28H21BCl3F2N5O2. The van der Waals surface area contributed by atoms with Gasteiger partial charge in [0.25, 0.3) is 0 Å². The van der Waals surface area contributed by atoms with Crippen LogP contribution < -0.4 is 9.47 Å². The van der Waals surface area contributed by atoms with Crippen molar-refractivity contribution in [2.75, 3.05) is 0 Å². The normalized spacial score (nSPS) is 14.1. The molecule has 41 heavy (non-hydrogen) atoms. The Morgan fingerprint density at radius 2 is 1.54 bits per heavy atom. The summed E-state index contributed by atoms with van der Waals surface area (Å²) in [5.74, 6) is 0.633.